The maximum Gasteiger partial charge on any atom is 0.252 e. The van der Waals surface area contributed by atoms with Gasteiger partial charge in [-0.05, 0) is 159 Å². The van der Waals surface area contributed by atoms with Gasteiger partial charge in [0.05, 0.1) is 0 Å². The molecule has 0 saturated carbocycles. The fraction of sp³-hybridized carbons (Fsp3) is 0.143. The molecule has 0 amide bonds. The van der Waals surface area contributed by atoms with E-state index in [1.165, 1.54) is 55.8 Å². The van der Waals surface area contributed by atoms with Crippen molar-refractivity contribution in [2.45, 2.75) is 59.3 Å². The topological polar surface area (TPSA) is 22.9 Å². The summed E-state index contributed by atoms with van der Waals surface area (Å²) in [6, 6.07) is 74.0. The Hall–Kier alpha value is -7.76. The Morgan fingerprint density at radius 1 is 0.412 bits per heavy atom. The molecule has 5 heteroatoms. The van der Waals surface area contributed by atoms with Crippen LogP contribution in [0.3, 0.4) is 0 Å². The molecule has 330 valence electrons. The Morgan fingerprint density at radius 2 is 0.971 bits per heavy atom. The Bertz CT molecular complexity index is 3510. The molecule has 0 atom stereocenters. The third-order valence-electron chi connectivity index (χ3n) is 14.2. The zero-order valence-electron chi connectivity index (χ0n) is 39.9. The van der Waals surface area contributed by atoms with E-state index in [-0.39, 0.29) is 17.5 Å². The number of benzene rings is 9. The first-order valence-corrected chi connectivity index (χ1v) is 23.9. The fourth-order valence-corrected chi connectivity index (χ4v) is 10.7. The highest BCUT2D eigenvalue weighted by Crippen LogP contribution is 2.47. The Labute approximate surface area is 400 Å². The molecule has 0 saturated heterocycles. The molecule has 2 aliphatic rings. The quantitative estimate of drug-likeness (QED) is 0.155. The number of fused-ring (bicyclic) bond motifs is 7. The third-order valence-corrected chi connectivity index (χ3v) is 14.2. The number of aryl methyl sites for hydroxylation is 1. The summed E-state index contributed by atoms with van der Waals surface area (Å²) in [5, 5.41) is 2.27. The minimum absolute atomic E-state index is 0.0130. The van der Waals surface area contributed by atoms with E-state index < -0.39 is 0 Å². The summed E-state index contributed by atoms with van der Waals surface area (Å²) in [6.45, 7) is 16.1. The molecule has 0 N–H and O–H groups in total. The molecule has 0 bridgehead atoms. The first-order chi connectivity index (χ1) is 32.9. The first-order valence-electron chi connectivity index (χ1n) is 23.9. The molecule has 9 aromatic carbocycles. The first kappa shape index (κ1) is 41.7. The number of hydrogen-bond donors (Lipinski definition) is 0. The van der Waals surface area contributed by atoms with Crippen LogP contribution in [0.25, 0.3) is 33.1 Å². The zero-order chi connectivity index (χ0) is 46.5. The standard InChI is InChI=1S/C63H54BN3O/c1-41-36-57-61-58(37-41)67(48-28-22-42(23-29-48)43-24-35-60-52(38-43)51-20-14-15-21-59(51)68-60)56-40-50(65(46-16-10-8-11-17-46)47-18-12-9-13-19-47)32-33-53(56)64(61)54-39-45(63(5,6)7)27-34-55(54)66(57)49-30-25-44(26-31-49)62(2,3)4/h8-40H,1-7H3. The highest BCUT2D eigenvalue weighted by Gasteiger charge is 2.44. The summed E-state index contributed by atoms with van der Waals surface area (Å²) in [7, 11) is 0. The summed E-state index contributed by atoms with van der Waals surface area (Å²) >= 11 is 0. The average molecular weight is 880 g/mol. The molecule has 3 heterocycles. The van der Waals surface area contributed by atoms with E-state index in [0.717, 1.165) is 61.5 Å². The van der Waals surface area contributed by atoms with Gasteiger partial charge in [0.25, 0.3) is 6.71 Å². The second-order valence-corrected chi connectivity index (χ2v) is 20.7. The number of anilines is 9. The lowest BCUT2D eigenvalue weighted by molar-refractivity contribution is 0.590. The lowest BCUT2D eigenvalue weighted by Crippen LogP contribution is -2.61. The maximum absolute atomic E-state index is 6.22. The molecule has 10 aromatic rings. The van der Waals surface area contributed by atoms with E-state index in [4.69, 9.17) is 4.42 Å². The Kier molecular flexibility index (Phi) is 9.60. The largest absolute Gasteiger partial charge is 0.456 e. The van der Waals surface area contributed by atoms with Crippen LogP contribution in [0.5, 0.6) is 0 Å². The van der Waals surface area contributed by atoms with Gasteiger partial charge in [-0.25, -0.2) is 0 Å². The minimum Gasteiger partial charge on any atom is -0.456 e. The van der Waals surface area contributed by atoms with Gasteiger partial charge in [-0.15, -0.1) is 0 Å². The monoisotopic (exact) mass is 879 g/mol. The van der Waals surface area contributed by atoms with Gasteiger partial charge >= 0.3 is 0 Å². The highest BCUT2D eigenvalue weighted by molar-refractivity contribution is 7.00. The van der Waals surface area contributed by atoms with E-state index in [2.05, 4.69) is 251 Å². The van der Waals surface area contributed by atoms with Gasteiger partial charge in [-0.1, -0.05) is 145 Å². The molecular formula is C63H54BN3O. The molecule has 0 radical (unpaired) electrons. The van der Waals surface area contributed by atoms with Crippen LogP contribution in [-0.4, -0.2) is 6.71 Å². The number of para-hydroxylation sites is 3. The average Bonchev–Trinajstić information content (AvgIpc) is 3.72. The van der Waals surface area contributed by atoms with Crippen molar-refractivity contribution < 1.29 is 4.42 Å². The second kappa shape index (κ2) is 15.7. The molecule has 12 rings (SSSR count). The predicted molar refractivity (Wildman–Crippen MR) is 290 cm³/mol. The molecule has 0 unspecified atom stereocenters. The van der Waals surface area contributed by atoms with Gasteiger partial charge in [0.1, 0.15) is 11.2 Å². The molecule has 4 nitrogen and oxygen atoms in total. The lowest BCUT2D eigenvalue weighted by atomic mass is 9.33. The number of rotatable bonds is 6. The summed E-state index contributed by atoms with van der Waals surface area (Å²) in [5.41, 5.74) is 22.3. The highest BCUT2D eigenvalue weighted by atomic mass is 16.3. The molecule has 0 fully saturated rings. The summed E-state index contributed by atoms with van der Waals surface area (Å²) in [5.74, 6) is 0. The van der Waals surface area contributed by atoms with Crippen molar-refractivity contribution in [1.29, 1.82) is 0 Å². The zero-order valence-corrected chi connectivity index (χ0v) is 39.9. The van der Waals surface area contributed by atoms with Crippen LogP contribution >= 0.6 is 0 Å². The van der Waals surface area contributed by atoms with Crippen molar-refractivity contribution in [3.05, 3.63) is 217 Å². The molecule has 68 heavy (non-hydrogen) atoms. The van der Waals surface area contributed by atoms with Crippen molar-refractivity contribution >= 4 is 96.2 Å². The van der Waals surface area contributed by atoms with Gasteiger partial charge in [-0.3, -0.25) is 0 Å². The Balaban J connectivity index is 1.09. The van der Waals surface area contributed by atoms with Gasteiger partial charge < -0.3 is 19.1 Å². The molecule has 1 aromatic heterocycles. The van der Waals surface area contributed by atoms with Crippen LogP contribution in [0.2, 0.25) is 0 Å². The van der Waals surface area contributed by atoms with Crippen LogP contribution in [-0.2, 0) is 10.8 Å². The predicted octanol–water partition coefficient (Wildman–Crippen LogP) is 15.7. The maximum atomic E-state index is 6.22. The van der Waals surface area contributed by atoms with Gasteiger partial charge in [0.15, 0.2) is 0 Å². The number of furan rings is 1. The summed E-state index contributed by atoms with van der Waals surface area (Å²) in [4.78, 5) is 7.44. The lowest BCUT2D eigenvalue weighted by Gasteiger charge is -2.45. The molecule has 2 aliphatic heterocycles. The second-order valence-electron chi connectivity index (χ2n) is 20.7. The van der Waals surface area contributed by atoms with Gasteiger partial charge in [0.2, 0.25) is 0 Å². The van der Waals surface area contributed by atoms with Crippen LogP contribution in [0.4, 0.5) is 51.2 Å². The van der Waals surface area contributed by atoms with E-state index in [1.807, 2.05) is 12.1 Å². The van der Waals surface area contributed by atoms with Crippen molar-refractivity contribution in [2.75, 3.05) is 14.7 Å². The Morgan fingerprint density at radius 3 is 1.62 bits per heavy atom. The summed E-state index contributed by atoms with van der Waals surface area (Å²) in [6.07, 6.45) is 0. The van der Waals surface area contributed by atoms with Crippen molar-refractivity contribution in [2.24, 2.45) is 0 Å². The van der Waals surface area contributed by atoms with E-state index >= 15 is 0 Å². The van der Waals surface area contributed by atoms with Crippen LogP contribution in [0, 0.1) is 6.92 Å². The van der Waals surface area contributed by atoms with Crippen LogP contribution in [0.1, 0.15) is 58.2 Å². The fourth-order valence-electron chi connectivity index (χ4n) is 10.7. The van der Waals surface area contributed by atoms with E-state index in [0.29, 0.717) is 0 Å². The molecule has 0 aliphatic carbocycles. The number of hydrogen-bond acceptors (Lipinski definition) is 4. The van der Waals surface area contributed by atoms with E-state index in [1.54, 1.807) is 0 Å². The minimum atomic E-state index is -0.0408. The van der Waals surface area contributed by atoms with E-state index in [9.17, 15) is 0 Å². The number of nitrogens with zero attached hydrogens (tertiary/aromatic N) is 3. The smallest absolute Gasteiger partial charge is 0.252 e. The summed E-state index contributed by atoms with van der Waals surface area (Å²) < 4.78 is 6.22. The van der Waals surface area contributed by atoms with Crippen molar-refractivity contribution in [3.8, 4) is 11.1 Å². The van der Waals surface area contributed by atoms with Crippen molar-refractivity contribution in [3.63, 3.8) is 0 Å². The normalized spacial score (nSPS) is 13.1. The van der Waals surface area contributed by atoms with Crippen molar-refractivity contribution in [1.82, 2.24) is 0 Å². The van der Waals surface area contributed by atoms with Crippen LogP contribution in [0.15, 0.2) is 205 Å². The molecular weight excluding hydrogens is 826 g/mol. The molecule has 0 spiro atoms. The van der Waals surface area contributed by atoms with Gasteiger partial charge in [0, 0.05) is 62.0 Å². The van der Waals surface area contributed by atoms with Crippen LogP contribution < -0.4 is 31.1 Å². The SMILES string of the molecule is Cc1cc2c3c(c1)N(c1ccc(-c4ccc5oc6ccccc6c5c4)cc1)c1cc(N(c4ccccc4)c4ccccc4)ccc1B3c1cc(C(C)(C)C)ccc1N2c1ccc(C(C)(C)C)cc1. The third kappa shape index (κ3) is 6.91. The van der Waals surface area contributed by atoms with Gasteiger partial charge in [-0.2, -0.15) is 0 Å².